The Bertz CT molecular complexity index is 427. The summed E-state index contributed by atoms with van der Waals surface area (Å²) < 4.78 is 5.60. The molecular weight excluding hydrogens is 234 g/mol. The van der Waals surface area contributed by atoms with Crippen LogP contribution in [0.15, 0.2) is 24.3 Å². The van der Waals surface area contributed by atoms with Gasteiger partial charge in [0, 0.05) is 25.5 Å². The van der Waals surface area contributed by atoms with Crippen molar-refractivity contribution in [2.24, 2.45) is 5.73 Å². The van der Waals surface area contributed by atoms with E-state index in [9.17, 15) is 0 Å². The first-order valence-corrected chi connectivity index (χ1v) is 7.57. The van der Waals surface area contributed by atoms with E-state index in [2.05, 4.69) is 24.3 Å². The third kappa shape index (κ3) is 2.44. The van der Waals surface area contributed by atoms with Crippen molar-refractivity contribution in [2.75, 3.05) is 13.7 Å². The fourth-order valence-electron chi connectivity index (χ4n) is 3.60. The minimum absolute atomic E-state index is 0.153. The molecule has 2 saturated carbocycles. The third-order valence-electron chi connectivity index (χ3n) is 5.28. The van der Waals surface area contributed by atoms with Crippen LogP contribution in [-0.2, 0) is 16.6 Å². The van der Waals surface area contributed by atoms with Gasteiger partial charge in [-0.15, -0.1) is 0 Å². The van der Waals surface area contributed by atoms with Crippen LogP contribution in [0, 0.1) is 0 Å². The van der Waals surface area contributed by atoms with Crippen molar-refractivity contribution in [1.82, 2.24) is 0 Å². The largest absolute Gasteiger partial charge is 0.378 e. The Balaban J connectivity index is 1.75. The van der Waals surface area contributed by atoms with Crippen molar-refractivity contribution < 1.29 is 4.74 Å². The van der Waals surface area contributed by atoms with Gasteiger partial charge in [0.05, 0.1) is 5.60 Å². The molecule has 0 atom stereocenters. The Hall–Kier alpha value is -0.860. The monoisotopic (exact) mass is 259 g/mol. The molecule has 0 unspecified atom stereocenters. The number of benzene rings is 1. The van der Waals surface area contributed by atoms with Crippen LogP contribution < -0.4 is 5.73 Å². The maximum atomic E-state index is 6.05. The lowest BCUT2D eigenvalue weighted by atomic mass is 9.78. The van der Waals surface area contributed by atoms with E-state index in [1.54, 1.807) is 0 Å². The topological polar surface area (TPSA) is 35.2 Å². The van der Waals surface area contributed by atoms with Crippen LogP contribution in [-0.4, -0.2) is 19.3 Å². The van der Waals surface area contributed by atoms with Crippen molar-refractivity contribution in [1.29, 1.82) is 0 Å². The molecule has 19 heavy (non-hydrogen) atoms. The lowest BCUT2D eigenvalue weighted by Gasteiger charge is -2.28. The Morgan fingerprint density at radius 3 is 2.16 bits per heavy atom. The molecular formula is C17H25NO. The Kier molecular flexibility index (Phi) is 3.40. The number of methoxy groups -OCH3 is 1. The molecule has 2 heteroatoms. The standard InChI is InChI=1S/C17H25NO/c1-19-17(10-11-17)12-14-4-6-15(7-5-14)16(13-18)8-2-3-9-16/h4-7H,2-3,8-13,18H2,1H3. The highest BCUT2D eigenvalue weighted by atomic mass is 16.5. The lowest BCUT2D eigenvalue weighted by Crippen LogP contribution is -2.31. The Morgan fingerprint density at radius 2 is 1.68 bits per heavy atom. The van der Waals surface area contributed by atoms with E-state index in [0.717, 1.165) is 13.0 Å². The van der Waals surface area contributed by atoms with Crippen LogP contribution in [0.1, 0.15) is 49.7 Å². The van der Waals surface area contributed by atoms with Gasteiger partial charge in [0.2, 0.25) is 0 Å². The quantitative estimate of drug-likeness (QED) is 0.881. The van der Waals surface area contributed by atoms with E-state index < -0.39 is 0 Å². The SMILES string of the molecule is COC1(Cc2ccc(C3(CN)CCCC3)cc2)CC1. The van der Waals surface area contributed by atoms with Crippen molar-refractivity contribution in [3.05, 3.63) is 35.4 Å². The van der Waals surface area contributed by atoms with Crippen LogP contribution in [0.5, 0.6) is 0 Å². The minimum atomic E-state index is 0.153. The smallest absolute Gasteiger partial charge is 0.0721 e. The summed E-state index contributed by atoms with van der Waals surface area (Å²) in [6.45, 7) is 0.786. The molecule has 1 aromatic rings. The summed E-state index contributed by atoms with van der Waals surface area (Å²) in [6.07, 6.45) is 8.63. The first-order chi connectivity index (χ1) is 9.22. The molecule has 0 amide bonds. The molecule has 0 aliphatic heterocycles. The third-order valence-corrected chi connectivity index (χ3v) is 5.28. The van der Waals surface area contributed by atoms with Gasteiger partial charge >= 0.3 is 0 Å². The fourth-order valence-corrected chi connectivity index (χ4v) is 3.60. The summed E-state index contributed by atoms with van der Waals surface area (Å²) in [5.74, 6) is 0. The molecule has 3 rings (SSSR count). The number of ether oxygens (including phenoxy) is 1. The van der Waals surface area contributed by atoms with Gasteiger partial charge in [-0.2, -0.15) is 0 Å². The molecule has 0 radical (unpaired) electrons. The van der Waals surface area contributed by atoms with Crippen molar-refractivity contribution in [3.63, 3.8) is 0 Å². The van der Waals surface area contributed by atoms with Crippen LogP contribution in [0.3, 0.4) is 0 Å². The van der Waals surface area contributed by atoms with Crippen LogP contribution in [0.2, 0.25) is 0 Å². The van der Waals surface area contributed by atoms with E-state index in [1.165, 1.54) is 49.7 Å². The average molecular weight is 259 g/mol. The number of hydrogen-bond donors (Lipinski definition) is 1. The van der Waals surface area contributed by atoms with E-state index in [4.69, 9.17) is 10.5 Å². The summed E-state index contributed by atoms with van der Waals surface area (Å²) >= 11 is 0. The van der Waals surface area contributed by atoms with E-state index in [1.807, 2.05) is 7.11 Å². The Morgan fingerprint density at radius 1 is 1.05 bits per heavy atom. The van der Waals surface area contributed by atoms with Gasteiger partial charge in [0.15, 0.2) is 0 Å². The molecule has 2 fully saturated rings. The summed E-state index contributed by atoms with van der Waals surface area (Å²) in [5, 5.41) is 0. The number of hydrogen-bond acceptors (Lipinski definition) is 2. The van der Waals surface area contributed by atoms with Crippen molar-refractivity contribution in [2.45, 2.75) is 56.0 Å². The van der Waals surface area contributed by atoms with Gasteiger partial charge in [0.25, 0.3) is 0 Å². The van der Waals surface area contributed by atoms with Gasteiger partial charge in [0.1, 0.15) is 0 Å². The summed E-state index contributed by atoms with van der Waals surface area (Å²) in [7, 11) is 1.84. The summed E-state index contributed by atoms with van der Waals surface area (Å²) in [4.78, 5) is 0. The zero-order chi connectivity index (χ0) is 13.3. The second-order valence-electron chi connectivity index (χ2n) is 6.45. The molecule has 2 N–H and O–H groups in total. The van der Waals surface area contributed by atoms with E-state index >= 15 is 0 Å². The molecule has 0 spiro atoms. The molecule has 0 bridgehead atoms. The predicted octanol–water partition coefficient (Wildman–Crippen LogP) is 3.18. The van der Waals surface area contributed by atoms with E-state index in [0.29, 0.717) is 0 Å². The van der Waals surface area contributed by atoms with Gasteiger partial charge in [-0.3, -0.25) is 0 Å². The van der Waals surface area contributed by atoms with E-state index in [-0.39, 0.29) is 11.0 Å². The van der Waals surface area contributed by atoms with Gasteiger partial charge < -0.3 is 10.5 Å². The average Bonchev–Trinajstić information content (AvgIpc) is 3.06. The van der Waals surface area contributed by atoms with Gasteiger partial charge in [-0.25, -0.2) is 0 Å². The first kappa shape index (κ1) is 13.1. The molecule has 0 aromatic heterocycles. The molecule has 2 aliphatic rings. The lowest BCUT2D eigenvalue weighted by molar-refractivity contribution is 0.0807. The van der Waals surface area contributed by atoms with Crippen LogP contribution >= 0.6 is 0 Å². The maximum absolute atomic E-state index is 6.05. The molecule has 0 heterocycles. The Labute approximate surface area is 116 Å². The highest BCUT2D eigenvalue weighted by Gasteiger charge is 2.42. The summed E-state index contributed by atoms with van der Waals surface area (Å²) in [5.41, 5.74) is 9.31. The number of rotatable bonds is 5. The maximum Gasteiger partial charge on any atom is 0.0721 e. The normalized spacial score (nSPS) is 23.5. The van der Waals surface area contributed by atoms with Crippen LogP contribution in [0.4, 0.5) is 0 Å². The second-order valence-corrected chi connectivity index (χ2v) is 6.45. The zero-order valence-electron chi connectivity index (χ0n) is 12.0. The summed E-state index contributed by atoms with van der Waals surface area (Å²) in [6, 6.07) is 9.17. The first-order valence-electron chi connectivity index (χ1n) is 7.57. The van der Waals surface area contributed by atoms with Gasteiger partial charge in [-0.1, -0.05) is 37.1 Å². The fraction of sp³-hybridized carbons (Fsp3) is 0.647. The molecule has 2 aliphatic carbocycles. The minimum Gasteiger partial charge on any atom is -0.378 e. The predicted molar refractivity (Wildman–Crippen MR) is 78.3 cm³/mol. The highest BCUT2D eigenvalue weighted by molar-refractivity contribution is 5.32. The molecule has 2 nitrogen and oxygen atoms in total. The molecule has 104 valence electrons. The highest BCUT2D eigenvalue weighted by Crippen LogP contribution is 2.43. The van der Waals surface area contributed by atoms with Crippen molar-refractivity contribution in [3.8, 4) is 0 Å². The second kappa shape index (κ2) is 4.92. The van der Waals surface area contributed by atoms with Crippen LogP contribution in [0.25, 0.3) is 0 Å². The van der Waals surface area contributed by atoms with Crippen molar-refractivity contribution >= 4 is 0 Å². The zero-order valence-corrected chi connectivity index (χ0v) is 12.0. The molecule has 0 saturated heterocycles. The molecule has 1 aromatic carbocycles. The number of nitrogens with two attached hydrogens (primary N) is 1. The van der Waals surface area contributed by atoms with Gasteiger partial charge in [-0.05, 0) is 36.8 Å².